The number of hydrogen-bond acceptors (Lipinski definition) is 2. The highest BCUT2D eigenvalue weighted by atomic mass is 35.5. The average Bonchev–Trinajstić information content (AvgIpc) is 2.49. The Bertz CT molecular complexity index is 399. The van der Waals surface area contributed by atoms with Gasteiger partial charge in [0.05, 0.1) is 0 Å². The van der Waals surface area contributed by atoms with Crippen molar-refractivity contribution in [2.45, 2.75) is 5.92 Å². The minimum atomic E-state index is -0.646. The van der Waals surface area contributed by atoms with Gasteiger partial charge in [0, 0.05) is 5.02 Å². The van der Waals surface area contributed by atoms with Crippen molar-refractivity contribution < 1.29 is 9.59 Å². The van der Waals surface area contributed by atoms with Crippen molar-refractivity contribution in [3.63, 3.8) is 0 Å². The Balaban J connectivity index is 2.36. The zero-order valence-corrected chi connectivity index (χ0v) is 7.99. The number of hydrogen-bond donors (Lipinski definition) is 0. The van der Waals surface area contributed by atoms with Crippen molar-refractivity contribution in [1.82, 2.24) is 0 Å². The zero-order valence-electron chi connectivity index (χ0n) is 7.24. The first-order valence-corrected chi connectivity index (χ1v) is 4.57. The summed E-state index contributed by atoms with van der Waals surface area (Å²) < 4.78 is 0. The molecule has 0 amide bonds. The van der Waals surface area contributed by atoms with E-state index in [1.807, 2.05) is 0 Å². The highest BCUT2D eigenvalue weighted by Gasteiger charge is 2.29. The topological polar surface area (TPSA) is 34.1 Å². The molecule has 0 N–H and O–H groups in total. The predicted molar refractivity (Wildman–Crippen MR) is 53.3 cm³/mol. The van der Waals surface area contributed by atoms with E-state index in [9.17, 15) is 9.59 Å². The van der Waals surface area contributed by atoms with Crippen LogP contribution < -0.4 is 0 Å². The molecule has 2 rings (SSSR count). The number of benzene rings is 1. The van der Waals surface area contributed by atoms with Crippen LogP contribution in [0.5, 0.6) is 0 Å². The lowest BCUT2D eigenvalue weighted by Gasteiger charge is -2.06. The van der Waals surface area contributed by atoms with Gasteiger partial charge < -0.3 is 0 Å². The van der Waals surface area contributed by atoms with E-state index in [0.717, 1.165) is 0 Å². The van der Waals surface area contributed by atoms with Crippen LogP contribution in [0.3, 0.4) is 0 Å². The molecule has 1 aliphatic rings. The van der Waals surface area contributed by atoms with Crippen molar-refractivity contribution in [1.29, 1.82) is 0 Å². The van der Waals surface area contributed by atoms with E-state index in [1.165, 1.54) is 12.2 Å². The molecule has 1 aromatic carbocycles. The molecule has 0 saturated heterocycles. The Labute approximate surface area is 86.2 Å². The van der Waals surface area contributed by atoms with E-state index in [0.29, 0.717) is 10.6 Å². The second-order valence-corrected chi connectivity index (χ2v) is 3.56. The van der Waals surface area contributed by atoms with Crippen molar-refractivity contribution in [2.24, 2.45) is 0 Å². The molecule has 2 nitrogen and oxygen atoms in total. The van der Waals surface area contributed by atoms with Crippen LogP contribution in [0, 0.1) is 0 Å². The maximum atomic E-state index is 11.3. The summed E-state index contributed by atoms with van der Waals surface area (Å²) in [7, 11) is 0. The summed E-state index contributed by atoms with van der Waals surface area (Å²) in [6.45, 7) is 0. The molecule has 70 valence electrons. The SMILES string of the molecule is O=C1C=CC(=O)C1c1ccc(Cl)cc1. The Morgan fingerprint density at radius 1 is 0.929 bits per heavy atom. The fraction of sp³-hybridized carbons (Fsp3) is 0.0909. The van der Waals surface area contributed by atoms with Gasteiger partial charge in [0.25, 0.3) is 0 Å². The van der Waals surface area contributed by atoms with Crippen LogP contribution in [-0.2, 0) is 9.59 Å². The lowest BCUT2D eigenvalue weighted by molar-refractivity contribution is -0.122. The van der Waals surface area contributed by atoms with Crippen LogP contribution in [0.25, 0.3) is 0 Å². The van der Waals surface area contributed by atoms with Crippen LogP contribution >= 0.6 is 11.6 Å². The van der Waals surface area contributed by atoms with Crippen LogP contribution in [0.15, 0.2) is 36.4 Å². The van der Waals surface area contributed by atoms with Crippen molar-refractivity contribution in [3.8, 4) is 0 Å². The van der Waals surface area contributed by atoms with Crippen molar-refractivity contribution in [3.05, 3.63) is 47.0 Å². The first kappa shape index (κ1) is 9.16. The summed E-state index contributed by atoms with van der Waals surface area (Å²) in [5.74, 6) is -0.957. The third-order valence-corrected chi connectivity index (χ3v) is 2.44. The molecule has 0 aliphatic heterocycles. The first-order chi connectivity index (χ1) is 6.68. The summed E-state index contributed by atoms with van der Waals surface area (Å²) >= 11 is 5.71. The monoisotopic (exact) mass is 206 g/mol. The Morgan fingerprint density at radius 2 is 1.43 bits per heavy atom. The van der Waals surface area contributed by atoms with Crippen LogP contribution in [0.1, 0.15) is 11.5 Å². The zero-order chi connectivity index (χ0) is 10.1. The Morgan fingerprint density at radius 3 is 1.93 bits per heavy atom. The molecule has 0 fully saturated rings. The molecule has 0 radical (unpaired) electrons. The summed E-state index contributed by atoms with van der Waals surface area (Å²) in [6, 6.07) is 6.76. The van der Waals surface area contributed by atoms with Gasteiger partial charge in [-0.15, -0.1) is 0 Å². The van der Waals surface area contributed by atoms with Gasteiger partial charge in [-0.2, -0.15) is 0 Å². The van der Waals surface area contributed by atoms with E-state index < -0.39 is 5.92 Å². The first-order valence-electron chi connectivity index (χ1n) is 4.20. The van der Waals surface area contributed by atoms with Gasteiger partial charge >= 0.3 is 0 Å². The molecular formula is C11H7ClO2. The van der Waals surface area contributed by atoms with Gasteiger partial charge in [0.2, 0.25) is 0 Å². The summed E-state index contributed by atoms with van der Waals surface area (Å²) in [5.41, 5.74) is 0.703. The lowest BCUT2D eigenvalue weighted by atomic mass is 9.95. The Hall–Kier alpha value is -1.41. The maximum absolute atomic E-state index is 11.3. The van der Waals surface area contributed by atoms with E-state index in [2.05, 4.69) is 0 Å². The molecule has 1 aromatic rings. The van der Waals surface area contributed by atoms with Crippen LogP contribution in [-0.4, -0.2) is 11.6 Å². The molecule has 0 saturated carbocycles. The van der Waals surface area contributed by atoms with E-state index >= 15 is 0 Å². The van der Waals surface area contributed by atoms with Gasteiger partial charge in [-0.05, 0) is 29.8 Å². The molecule has 0 unspecified atom stereocenters. The summed E-state index contributed by atoms with van der Waals surface area (Å²) in [4.78, 5) is 22.7. The molecule has 0 bridgehead atoms. The maximum Gasteiger partial charge on any atom is 0.171 e. The molecule has 1 aliphatic carbocycles. The molecule has 0 spiro atoms. The molecule has 3 heteroatoms. The van der Waals surface area contributed by atoms with Gasteiger partial charge in [-0.3, -0.25) is 9.59 Å². The third kappa shape index (κ3) is 1.49. The average molecular weight is 207 g/mol. The largest absolute Gasteiger partial charge is 0.294 e. The molecule has 0 heterocycles. The van der Waals surface area contributed by atoms with Crippen LogP contribution in [0.2, 0.25) is 5.02 Å². The fourth-order valence-electron chi connectivity index (χ4n) is 1.48. The Kier molecular flexibility index (Phi) is 2.22. The van der Waals surface area contributed by atoms with Gasteiger partial charge in [0.15, 0.2) is 11.6 Å². The van der Waals surface area contributed by atoms with Gasteiger partial charge in [-0.25, -0.2) is 0 Å². The number of carbonyl (C=O) groups excluding carboxylic acids is 2. The smallest absolute Gasteiger partial charge is 0.171 e. The molecule has 0 atom stereocenters. The number of ketones is 2. The summed E-state index contributed by atoms with van der Waals surface area (Å²) in [6.07, 6.45) is 2.64. The quantitative estimate of drug-likeness (QED) is 0.660. The molecule has 14 heavy (non-hydrogen) atoms. The predicted octanol–water partition coefficient (Wildman–Crippen LogP) is 2.13. The molecule has 0 aromatic heterocycles. The van der Waals surface area contributed by atoms with E-state index in [1.54, 1.807) is 24.3 Å². The number of allylic oxidation sites excluding steroid dienone is 2. The highest BCUT2D eigenvalue weighted by Crippen LogP contribution is 2.24. The fourth-order valence-corrected chi connectivity index (χ4v) is 1.61. The van der Waals surface area contributed by atoms with Gasteiger partial charge in [0.1, 0.15) is 5.92 Å². The minimum absolute atomic E-state index is 0.155. The highest BCUT2D eigenvalue weighted by molar-refractivity contribution is 6.30. The number of rotatable bonds is 1. The minimum Gasteiger partial charge on any atom is -0.294 e. The van der Waals surface area contributed by atoms with E-state index in [-0.39, 0.29) is 11.6 Å². The lowest BCUT2D eigenvalue weighted by Crippen LogP contribution is -2.12. The van der Waals surface area contributed by atoms with Crippen LogP contribution in [0.4, 0.5) is 0 Å². The third-order valence-electron chi connectivity index (χ3n) is 2.18. The number of halogens is 1. The van der Waals surface area contributed by atoms with E-state index in [4.69, 9.17) is 11.6 Å². The molecular weight excluding hydrogens is 200 g/mol. The standard InChI is InChI=1S/C11H7ClO2/c12-8-3-1-7(2-4-8)11-9(13)5-6-10(11)14/h1-6,11H. The van der Waals surface area contributed by atoms with Crippen molar-refractivity contribution in [2.75, 3.05) is 0 Å². The summed E-state index contributed by atoms with van der Waals surface area (Å²) in [5, 5.41) is 0.597. The van der Waals surface area contributed by atoms with Gasteiger partial charge in [-0.1, -0.05) is 23.7 Å². The normalized spacial score (nSPS) is 16.6. The van der Waals surface area contributed by atoms with Crippen molar-refractivity contribution >= 4 is 23.2 Å². The second-order valence-electron chi connectivity index (χ2n) is 3.12. The number of carbonyl (C=O) groups is 2. The second kappa shape index (κ2) is 3.39.